The van der Waals surface area contributed by atoms with Gasteiger partial charge in [-0.15, -0.1) is 0 Å². The Kier molecular flexibility index (Phi) is 3.88. The van der Waals surface area contributed by atoms with E-state index in [0.29, 0.717) is 11.8 Å². The molecule has 0 heterocycles. The molecular formula is C15H27N. The zero-order valence-electron chi connectivity index (χ0n) is 12.0. The first-order chi connectivity index (χ1) is 7.37. The summed E-state index contributed by atoms with van der Waals surface area (Å²) in [4.78, 5) is 2.25. The minimum absolute atomic E-state index is 0.272. The fraction of sp³-hybridized carbons (Fsp3) is 0.733. The fourth-order valence-electron chi connectivity index (χ4n) is 3.29. The Morgan fingerprint density at radius 3 is 1.94 bits per heavy atom. The molecule has 1 aliphatic carbocycles. The minimum atomic E-state index is 0.272. The van der Waals surface area contributed by atoms with Crippen molar-refractivity contribution in [1.29, 1.82) is 0 Å². The van der Waals surface area contributed by atoms with Crippen LogP contribution in [-0.4, -0.2) is 19.0 Å². The summed E-state index contributed by atoms with van der Waals surface area (Å²) in [6, 6.07) is 0. The fourth-order valence-corrected chi connectivity index (χ4v) is 3.29. The highest BCUT2D eigenvalue weighted by Gasteiger charge is 2.41. The Balaban J connectivity index is 3.30. The molecule has 1 rings (SSSR count). The molecule has 0 atom stereocenters. The topological polar surface area (TPSA) is 3.24 Å². The molecule has 0 aromatic carbocycles. The van der Waals surface area contributed by atoms with Gasteiger partial charge in [0.25, 0.3) is 0 Å². The van der Waals surface area contributed by atoms with Gasteiger partial charge < -0.3 is 4.90 Å². The molecule has 0 aromatic rings. The van der Waals surface area contributed by atoms with Crippen LogP contribution in [0.2, 0.25) is 0 Å². The summed E-state index contributed by atoms with van der Waals surface area (Å²) in [5.41, 5.74) is 3.31. The highest BCUT2D eigenvalue weighted by atomic mass is 15.1. The maximum atomic E-state index is 2.44. The highest BCUT2D eigenvalue weighted by Crippen LogP contribution is 2.50. The van der Waals surface area contributed by atoms with E-state index in [1.807, 2.05) is 0 Å². The molecule has 0 amide bonds. The molecule has 0 aliphatic heterocycles. The molecule has 0 spiro atoms. The molecule has 0 saturated carbocycles. The molecule has 1 aliphatic rings. The first-order valence-corrected chi connectivity index (χ1v) is 6.48. The lowest BCUT2D eigenvalue weighted by atomic mass is 9.65. The molecule has 0 saturated heterocycles. The summed E-state index contributed by atoms with van der Waals surface area (Å²) in [7, 11) is 4.29. The Morgan fingerprint density at radius 1 is 1.12 bits per heavy atom. The third kappa shape index (κ3) is 1.81. The van der Waals surface area contributed by atoms with Gasteiger partial charge >= 0.3 is 0 Å². The lowest BCUT2D eigenvalue weighted by Gasteiger charge is -2.39. The maximum Gasteiger partial charge on any atom is 0.0358 e. The van der Waals surface area contributed by atoms with Crippen molar-refractivity contribution < 1.29 is 0 Å². The van der Waals surface area contributed by atoms with E-state index in [4.69, 9.17) is 0 Å². The summed E-state index contributed by atoms with van der Waals surface area (Å²) < 4.78 is 0. The SMILES string of the molecule is CCC1=C(N(C)C)C=CC1(C(C)C)C(C)C. The lowest BCUT2D eigenvalue weighted by molar-refractivity contribution is 0.226. The van der Waals surface area contributed by atoms with Gasteiger partial charge in [-0.3, -0.25) is 0 Å². The molecule has 0 radical (unpaired) electrons. The number of hydrogen-bond acceptors (Lipinski definition) is 1. The summed E-state index contributed by atoms with van der Waals surface area (Å²) >= 11 is 0. The van der Waals surface area contributed by atoms with Gasteiger partial charge in [-0.1, -0.05) is 40.7 Å². The van der Waals surface area contributed by atoms with Crippen LogP contribution in [0.15, 0.2) is 23.4 Å². The van der Waals surface area contributed by atoms with Crippen molar-refractivity contribution in [1.82, 2.24) is 4.90 Å². The second kappa shape index (κ2) is 4.65. The van der Waals surface area contributed by atoms with Gasteiger partial charge in [0.1, 0.15) is 0 Å². The third-order valence-corrected chi connectivity index (χ3v) is 4.09. The maximum absolute atomic E-state index is 2.44. The van der Waals surface area contributed by atoms with Gasteiger partial charge in [-0.25, -0.2) is 0 Å². The van der Waals surface area contributed by atoms with Gasteiger partial charge in [0.15, 0.2) is 0 Å². The van der Waals surface area contributed by atoms with Crippen LogP contribution in [0, 0.1) is 17.3 Å². The van der Waals surface area contributed by atoms with E-state index >= 15 is 0 Å². The summed E-state index contributed by atoms with van der Waals surface area (Å²) in [5.74, 6) is 1.33. The van der Waals surface area contributed by atoms with E-state index in [2.05, 4.69) is 65.8 Å². The van der Waals surface area contributed by atoms with Crippen molar-refractivity contribution >= 4 is 0 Å². The molecule has 0 unspecified atom stereocenters. The standard InChI is InChI=1S/C15H27N/c1-8-13-14(16(6)7)9-10-15(13,11(2)3)12(4)5/h9-12H,8H2,1-7H3. The van der Waals surface area contributed by atoms with E-state index < -0.39 is 0 Å². The summed E-state index contributed by atoms with van der Waals surface area (Å²) in [5, 5.41) is 0. The zero-order valence-corrected chi connectivity index (χ0v) is 12.0. The van der Waals surface area contributed by atoms with Crippen LogP contribution in [0.1, 0.15) is 41.0 Å². The Labute approximate surface area is 101 Å². The van der Waals surface area contributed by atoms with Crippen molar-refractivity contribution in [2.45, 2.75) is 41.0 Å². The Bertz CT molecular complexity index is 297. The first-order valence-electron chi connectivity index (χ1n) is 6.48. The predicted molar refractivity (Wildman–Crippen MR) is 72.3 cm³/mol. The molecule has 0 N–H and O–H groups in total. The Morgan fingerprint density at radius 2 is 1.62 bits per heavy atom. The lowest BCUT2D eigenvalue weighted by Crippen LogP contribution is -2.32. The van der Waals surface area contributed by atoms with Crippen LogP contribution in [0.3, 0.4) is 0 Å². The normalized spacial score (nSPS) is 19.1. The number of nitrogens with zero attached hydrogens (tertiary/aromatic N) is 1. The second-order valence-corrected chi connectivity index (χ2v) is 5.69. The van der Waals surface area contributed by atoms with Gasteiger partial charge in [0.2, 0.25) is 0 Å². The molecule has 0 aromatic heterocycles. The average Bonchev–Trinajstić information content (AvgIpc) is 2.56. The highest BCUT2D eigenvalue weighted by molar-refractivity contribution is 5.41. The van der Waals surface area contributed by atoms with Crippen molar-refractivity contribution in [2.24, 2.45) is 17.3 Å². The van der Waals surface area contributed by atoms with Crippen molar-refractivity contribution in [2.75, 3.05) is 14.1 Å². The first kappa shape index (κ1) is 13.3. The molecule has 16 heavy (non-hydrogen) atoms. The molecule has 0 bridgehead atoms. The summed E-state index contributed by atoms with van der Waals surface area (Å²) in [6.07, 6.45) is 5.91. The molecule has 1 heteroatoms. The number of allylic oxidation sites excluding steroid dienone is 3. The van der Waals surface area contributed by atoms with Crippen molar-refractivity contribution in [3.63, 3.8) is 0 Å². The predicted octanol–water partition coefficient (Wildman–Crippen LogP) is 4.08. The average molecular weight is 221 g/mol. The number of likely N-dealkylation sites (N-methyl/N-ethyl adjacent to an activating group) is 1. The van der Waals surface area contributed by atoms with Crippen molar-refractivity contribution in [3.05, 3.63) is 23.4 Å². The van der Waals surface area contributed by atoms with E-state index in [1.165, 1.54) is 5.70 Å². The summed E-state index contributed by atoms with van der Waals surface area (Å²) in [6.45, 7) is 11.7. The van der Waals surface area contributed by atoms with Crippen LogP contribution in [0.4, 0.5) is 0 Å². The van der Waals surface area contributed by atoms with Crippen LogP contribution in [-0.2, 0) is 0 Å². The second-order valence-electron chi connectivity index (χ2n) is 5.69. The van der Waals surface area contributed by atoms with E-state index in [9.17, 15) is 0 Å². The van der Waals surface area contributed by atoms with Gasteiger partial charge in [0.05, 0.1) is 0 Å². The quantitative estimate of drug-likeness (QED) is 0.691. The van der Waals surface area contributed by atoms with Gasteiger partial charge in [0, 0.05) is 25.2 Å². The minimum Gasteiger partial charge on any atom is -0.378 e. The van der Waals surface area contributed by atoms with Gasteiger partial charge in [-0.05, 0) is 29.9 Å². The van der Waals surface area contributed by atoms with Crippen LogP contribution >= 0.6 is 0 Å². The largest absolute Gasteiger partial charge is 0.378 e. The smallest absolute Gasteiger partial charge is 0.0358 e. The van der Waals surface area contributed by atoms with E-state index in [0.717, 1.165) is 6.42 Å². The van der Waals surface area contributed by atoms with Crippen LogP contribution in [0.5, 0.6) is 0 Å². The number of hydrogen-bond donors (Lipinski definition) is 0. The van der Waals surface area contributed by atoms with E-state index in [-0.39, 0.29) is 5.41 Å². The molecular weight excluding hydrogens is 194 g/mol. The van der Waals surface area contributed by atoms with Crippen LogP contribution < -0.4 is 0 Å². The van der Waals surface area contributed by atoms with Gasteiger partial charge in [-0.2, -0.15) is 0 Å². The number of rotatable bonds is 4. The Hall–Kier alpha value is -0.720. The monoisotopic (exact) mass is 221 g/mol. The van der Waals surface area contributed by atoms with Crippen LogP contribution in [0.25, 0.3) is 0 Å². The molecule has 1 nitrogen and oxygen atoms in total. The third-order valence-electron chi connectivity index (χ3n) is 4.09. The van der Waals surface area contributed by atoms with Crippen molar-refractivity contribution in [3.8, 4) is 0 Å². The zero-order chi connectivity index (χ0) is 12.5. The molecule has 0 fully saturated rings. The molecule has 92 valence electrons. The van der Waals surface area contributed by atoms with E-state index in [1.54, 1.807) is 5.57 Å².